The van der Waals surface area contributed by atoms with Crippen molar-refractivity contribution in [1.29, 1.82) is 0 Å². The van der Waals surface area contributed by atoms with E-state index in [1.807, 2.05) is 74.5 Å². The van der Waals surface area contributed by atoms with Gasteiger partial charge in [-0.2, -0.15) is 0 Å². The maximum atomic E-state index is 13.2. The van der Waals surface area contributed by atoms with E-state index in [1.54, 1.807) is 6.07 Å². The zero-order chi connectivity index (χ0) is 40.1. The maximum Gasteiger partial charge on any atom is 0.291 e. The minimum atomic E-state index is -0.537. The fraction of sp³-hybridized carbons (Fsp3) is 0.170. The van der Waals surface area contributed by atoms with E-state index in [9.17, 15) is 14.5 Å². The number of halogens is 2. The molecule has 0 saturated carbocycles. The smallest absolute Gasteiger partial charge is 0.291 e. The van der Waals surface area contributed by atoms with Gasteiger partial charge in [0, 0.05) is 6.07 Å². The summed E-state index contributed by atoms with van der Waals surface area (Å²) in [6.07, 6.45) is 0. The first-order valence-electron chi connectivity index (χ1n) is 18.2. The van der Waals surface area contributed by atoms with Gasteiger partial charge in [0.2, 0.25) is 0 Å². The quantitative estimate of drug-likeness (QED) is 0.130. The van der Waals surface area contributed by atoms with Gasteiger partial charge < -0.3 is 14.2 Å². The van der Waals surface area contributed by atoms with Crippen molar-refractivity contribution >= 4 is 51.5 Å². The van der Waals surface area contributed by atoms with E-state index in [4.69, 9.17) is 30.8 Å². The van der Waals surface area contributed by atoms with Crippen molar-refractivity contribution in [2.24, 2.45) is 15.0 Å². The summed E-state index contributed by atoms with van der Waals surface area (Å²) in [6, 6.07) is 37.6. The molecule has 9 rings (SSSR count). The van der Waals surface area contributed by atoms with Crippen LogP contribution in [0.5, 0.6) is 17.2 Å². The predicted octanol–water partition coefficient (Wildman–Crippen LogP) is 12.2. The summed E-state index contributed by atoms with van der Waals surface area (Å²) >= 11 is 5.90. The molecule has 0 N–H and O–H groups in total. The van der Waals surface area contributed by atoms with Crippen LogP contribution in [0.1, 0.15) is 46.4 Å². The molecule has 0 radical (unpaired) electrons. The van der Waals surface area contributed by atoms with Gasteiger partial charge in [0.1, 0.15) is 59.2 Å². The second-order valence-electron chi connectivity index (χ2n) is 13.8. The van der Waals surface area contributed by atoms with Crippen LogP contribution >= 0.6 is 11.6 Å². The number of fused-ring (bicyclic) bond motifs is 3. The molecule has 0 bridgehead atoms. The van der Waals surface area contributed by atoms with Crippen molar-refractivity contribution < 1.29 is 23.5 Å². The molecule has 0 amide bonds. The van der Waals surface area contributed by atoms with Crippen LogP contribution < -0.4 is 14.2 Å². The summed E-state index contributed by atoms with van der Waals surface area (Å²) in [5.41, 5.74) is 12.3. The molecule has 0 atom stereocenters. The fourth-order valence-corrected chi connectivity index (χ4v) is 6.29. The Morgan fingerprint density at radius 2 is 0.914 bits per heavy atom. The monoisotopic (exact) mass is 796 g/mol. The van der Waals surface area contributed by atoms with Crippen LogP contribution in [0.3, 0.4) is 0 Å². The van der Waals surface area contributed by atoms with Gasteiger partial charge in [0.15, 0.2) is 5.75 Å². The molecule has 3 aliphatic rings. The average Bonchev–Trinajstić information content (AvgIpc) is 3.21. The van der Waals surface area contributed by atoms with Gasteiger partial charge >= 0.3 is 0 Å². The number of hydrogen-bond acceptors (Lipinski definition) is 8. The molecule has 3 heterocycles. The Labute approximate surface area is 342 Å². The zero-order valence-corrected chi connectivity index (χ0v) is 32.5. The topological polar surface area (TPSA) is 108 Å². The van der Waals surface area contributed by atoms with Gasteiger partial charge in [-0.25, -0.2) is 19.4 Å². The molecule has 0 unspecified atom stereocenters. The van der Waals surface area contributed by atoms with E-state index in [-0.39, 0.29) is 30.6 Å². The van der Waals surface area contributed by atoms with Crippen molar-refractivity contribution in [3.8, 4) is 17.2 Å². The Hall–Kier alpha value is -6.65. The molecule has 3 aliphatic heterocycles. The molecule has 0 fully saturated rings. The summed E-state index contributed by atoms with van der Waals surface area (Å²) in [5.74, 6) is 1.58. The van der Waals surface area contributed by atoms with Gasteiger partial charge in [0.05, 0.1) is 28.1 Å². The summed E-state index contributed by atoms with van der Waals surface area (Å²) in [6.45, 7) is 9.43. The Balaban J connectivity index is 0.000000146. The van der Waals surface area contributed by atoms with Gasteiger partial charge in [0.25, 0.3) is 5.69 Å². The predicted molar refractivity (Wildman–Crippen MR) is 231 cm³/mol. The van der Waals surface area contributed by atoms with E-state index in [0.717, 1.165) is 50.8 Å². The number of nitro groups is 1. The van der Waals surface area contributed by atoms with Crippen molar-refractivity contribution in [2.75, 3.05) is 19.8 Å². The minimum absolute atomic E-state index is 0. The second kappa shape index (κ2) is 18.1. The van der Waals surface area contributed by atoms with E-state index in [2.05, 4.69) is 54.2 Å². The minimum Gasteiger partial charge on any atom is -0.485 e. The van der Waals surface area contributed by atoms with Crippen LogP contribution in [0.4, 0.5) is 27.1 Å². The van der Waals surface area contributed by atoms with E-state index in [1.165, 1.54) is 41.0 Å². The van der Waals surface area contributed by atoms with E-state index < -0.39 is 4.92 Å². The summed E-state index contributed by atoms with van der Waals surface area (Å²) in [7, 11) is 0. The maximum absolute atomic E-state index is 13.2. The van der Waals surface area contributed by atoms with Crippen molar-refractivity contribution in [3.05, 3.63) is 181 Å². The highest BCUT2D eigenvalue weighted by Crippen LogP contribution is 2.40. The molecule has 9 nitrogen and oxygen atoms in total. The lowest BCUT2D eigenvalue weighted by Gasteiger charge is -2.17. The number of nitrogens with zero attached hydrogens (tertiary/aromatic N) is 4. The first kappa shape index (κ1) is 41.0. The van der Waals surface area contributed by atoms with Crippen molar-refractivity contribution in [2.45, 2.75) is 35.1 Å². The van der Waals surface area contributed by atoms with Gasteiger partial charge in [-0.1, -0.05) is 115 Å². The second-order valence-corrected chi connectivity index (χ2v) is 14.2. The van der Waals surface area contributed by atoms with Crippen molar-refractivity contribution in [1.82, 2.24) is 0 Å². The SMILES string of the molecule is C.Cc1ccc(C2=Nc3cc(C)ccc3OC2)cc1.Cc1ccc(C2=Nc3cc(Cl)c([N+](=O)[O-])cc3OC2)cc1.Cc1ccc(C2=Nc3cc(F)ccc3OC2)cc1. The van der Waals surface area contributed by atoms with Crippen molar-refractivity contribution in [3.63, 3.8) is 0 Å². The van der Waals surface area contributed by atoms with Crippen LogP contribution in [0.15, 0.2) is 136 Å². The van der Waals surface area contributed by atoms with Gasteiger partial charge in [-0.3, -0.25) is 10.1 Å². The van der Waals surface area contributed by atoms with Gasteiger partial charge in [-0.15, -0.1) is 0 Å². The Bertz CT molecular complexity index is 2440. The molecule has 6 aromatic carbocycles. The Morgan fingerprint density at radius 1 is 0.534 bits per heavy atom. The molecule has 11 heteroatoms. The third-order valence-electron chi connectivity index (χ3n) is 9.27. The molecular formula is C47H42ClFN4O5. The van der Waals surface area contributed by atoms with Gasteiger partial charge in [-0.05, 0) is 80.3 Å². The molecule has 0 spiro atoms. The number of nitro benzene ring substituents is 1. The fourth-order valence-electron chi connectivity index (χ4n) is 6.06. The third-order valence-corrected chi connectivity index (χ3v) is 9.58. The number of hydrogen-bond donors (Lipinski definition) is 0. The highest BCUT2D eigenvalue weighted by molar-refractivity contribution is 6.33. The van der Waals surface area contributed by atoms with E-state index in [0.29, 0.717) is 36.1 Å². The third kappa shape index (κ3) is 9.83. The van der Waals surface area contributed by atoms with Crippen LogP contribution in [-0.2, 0) is 0 Å². The van der Waals surface area contributed by atoms with Crippen LogP contribution in [0.2, 0.25) is 5.02 Å². The number of aliphatic imine (C=N–C) groups is 3. The summed E-state index contributed by atoms with van der Waals surface area (Å²) in [5, 5.41) is 10.9. The number of rotatable bonds is 4. The average molecular weight is 797 g/mol. The lowest BCUT2D eigenvalue weighted by atomic mass is 10.1. The first-order valence-corrected chi connectivity index (χ1v) is 18.6. The molecule has 58 heavy (non-hydrogen) atoms. The summed E-state index contributed by atoms with van der Waals surface area (Å²) in [4.78, 5) is 24.0. The number of aryl methyl sites for hydroxylation is 4. The van der Waals surface area contributed by atoms with Crippen LogP contribution in [0.25, 0.3) is 0 Å². The Kier molecular flexibility index (Phi) is 12.8. The first-order chi connectivity index (χ1) is 27.5. The molecular weight excluding hydrogens is 755 g/mol. The largest absolute Gasteiger partial charge is 0.485 e. The molecule has 0 aliphatic carbocycles. The van der Waals surface area contributed by atoms with Crippen LogP contribution in [0, 0.1) is 43.6 Å². The van der Waals surface area contributed by atoms with Crippen LogP contribution in [-0.4, -0.2) is 41.9 Å². The standard InChI is InChI=1S/C16H15NO.C15H11ClN2O3.C15H12FNO.CH4/c1-11-3-6-13(7-4-11)15-10-18-16-8-5-12(2)9-14(16)17-15;1-9-2-4-10(5-3-9)13-8-21-15-7-14(18(19)20)11(16)6-12(15)17-13;1-10-2-4-11(5-3-10)14-9-18-15-7-6-12(16)8-13(15)17-14;/h3-9H,10H2,1-2H3;2-7H,8H2,1H3;2-8H,9H2,1H3;1H4. The molecule has 6 aromatic rings. The van der Waals surface area contributed by atoms with E-state index >= 15 is 0 Å². The number of benzene rings is 6. The summed E-state index contributed by atoms with van der Waals surface area (Å²) < 4.78 is 30.0. The lowest BCUT2D eigenvalue weighted by molar-refractivity contribution is -0.384. The highest BCUT2D eigenvalue weighted by atomic mass is 35.5. The Morgan fingerprint density at radius 3 is 1.36 bits per heavy atom. The zero-order valence-electron chi connectivity index (χ0n) is 31.8. The normalized spacial score (nSPS) is 13.2. The number of ether oxygens (including phenoxy) is 3. The molecule has 0 saturated heterocycles. The lowest BCUT2D eigenvalue weighted by Crippen LogP contribution is -2.16. The molecule has 0 aromatic heterocycles. The molecule has 294 valence electrons. The highest BCUT2D eigenvalue weighted by Gasteiger charge is 2.22.